The summed E-state index contributed by atoms with van der Waals surface area (Å²) in [5.74, 6) is 0.535. The fourth-order valence-electron chi connectivity index (χ4n) is 3.10. The fourth-order valence-corrected chi connectivity index (χ4v) is 3.10. The lowest BCUT2D eigenvalue weighted by Gasteiger charge is -2.26. The van der Waals surface area contributed by atoms with Gasteiger partial charge >= 0.3 is 0 Å². The lowest BCUT2D eigenvalue weighted by Crippen LogP contribution is -2.38. The minimum atomic E-state index is -0.198. The van der Waals surface area contributed by atoms with Crippen LogP contribution in [0.2, 0.25) is 0 Å². The molecular formula is C15H21NO3. The highest BCUT2D eigenvalue weighted by Crippen LogP contribution is 2.31. The van der Waals surface area contributed by atoms with Crippen LogP contribution in [0.1, 0.15) is 46.0 Å². The first-order valence-electron chi connectivity index (χ1n) is 7.01. The number of imide groups is 1. The van der Waals surface area contributed by atoms with E-state index in [2.05, 4.69) is 12.2 Å². The number of carbonyl (C=O) groups is 3. The molecule has 0 aromatic heterocycles. The smallest absolute Gasteiger partial charge is 0.226 e. The van der Waals surface area contributed by atoms with Crippen LogP contribution in [0.5, 0.6) is 0 Å². The average molecular weight is 263 g/mol. The molecule has 4 nitrogen and oxygen atoms in total. The zero-order valence-electron chi connectivity index (χ0n) is 11.6. The molecule has 2 amide bonds. The third-order valence-electron chi connectivity index (χ3n) is 4.01. The van der Waals surface area contributed by atoms with Crippen LogP contribution in [0.25, 0.3) is 0 Å². The van der Waals surface area contributed by atoms with Crippen molar-refractivity contribution < 1.29 is 14.4 Å². The van der Waals surface area contributed by atoms with Crippen molar-refractivity contribution in [2.75, 3.05) is 0 Å². The lowest BCUT2D eigenvalue weighted by molar-refractivity contribution is -0.134. The average Bonchev–Trinajstić information content (AvgIpc) is 2.30. The van der Waals surface area contributed by atoms with E-state index in [1.165, 1.54) is 0 Å². The summed E-state index contributed by atoms with van der Waals surface area (Å²) in [6.45, 7) is 4.14. The highest BCUT2D eigenvalue weighted by Gasteiger charge is 2.28. The predicted octanol–water partition coefficient (Wildman–Crippen LogP) is 1.99. The number of hydrogen-bond acceptors (Lipinski definition) is 3. The molecule has 19 heavy (non-hydrogen) atoms. The molecule has 104 valence electrons. The summed E-state index contributed by atoms with van der Waals surface area (Å²) >= 11 is 0. The van der Waals surface area contributed by atoms with E-state index >= 15 is 0 Å². The summed E-state index contributed by atoms with van der Waals surface area (Å²) in [6, 6.07) is 0. The molecule has 1 aliphatic heterocycles. The number of Topliss-reactive ketones (excluding diaryl/α,β-unsaturated/α-hetero) is 1. The Morgan fingerprint density at radius 2 is 1.74 bits per heavy atom. The summed E-state index contributed by atoms with van der Waals surface area (Å²) < 4.78 is 0. The Morgan fingerprint density at radius 3 is 2.37 bits per heavy atom. The van der Waals surface area contributed by atoms with Crippen molar-refractivity contribution in [1.82, 2.24) is 5.32 Å². The van der Waals surface area contributed by atoms with Crippen molar-refractivity contribution in [2.24, 2.45) is 17.8 Å². The van der Waals surface area contributed by atoms with Gasteiger partial charge in [0.1, 0.15) is 0 Å². The van der Waals surface area contributed by atoms with Gasteiger partial charge in [0.25, 0.3) is 0 Å². The molecule has 1 aliphatic carbocycles. The second-order valence-corrected chi connectivity index (χ2v) is 6.02. The summed E-state index contributed by atoms with van der Waals surface area (Å²) in [4.78, 5) is 34.6. The summed E-state index contributed by atoms with van der Waals surface area (Å²) in [5.41, 5.74) is 0.893. The van der Waals surface area contributed by atoms with Crippen molar-refractivity contribution in [3.63, 3.8) is 0 Å². The number of nitrogens with one attached hydrogen (secondary N) is 1. The van der Waals surface area contributed by atoms with E-state index in [4.69, 9.17) is 0 Å². The van der Waals surface area contributed by atoms with Crippen molar-refractivity contribution in [3.8, 4) is 0 Å². The molecular weight excluding hydrogens is 242 g/mol. The number of piperidine rings is 1. The molecule has 0 radical (unpaired) electrons. The number of allylic oxidation sites excluding steroid dienone is 2. The molecule has 1 heterocycles. The minimum absolute atomic E-state index is 0.0501. The number of ketones is 1. The van der Waals surface area contributed by atoms with Gasteiger partial charge in [-0.2, -0.15) is 0 Å². The van der Waals surface area contributed by atoms with Crippen LogP contribution in [-0.2, 0) is 14.4 Å². The molecule has 4 heteroatoms. The normalized spacial score (nSPS) is 31.7. The minimum Gasteiger partial charge on any atom is -0.296 e. The van der Waals surface area contributed by atoms with Crippen molar-refractivity contribution in [3.05, 3.63) is 11.6 Å². The molecule has 1 saturated carbocycles. The topological polar surface area (TPSA) is 63.2 Å². The predicted molar refractivity (Wildman–Crippen MR) is 71.1 cm³/mol. The molecule has 2 aliphatic rings. The van der Waals surface area contributed by atoms with Crippen molar-refractivity contribution >= 4 is 17.6 Å². The second-order valence-electron chi connectivity index (χ2n) is 6.02. The first-order valence-corrected chi connectivity index (χ1v) is 7.01. The largest absolute Gasteiger partial charge is 0.296 e. The third-order valence-corrected chi connectivity index (χ3v) is 4.01. The number of rotatable bonds is 2. The van der Waals surface area contributed by atoms with E-state index in [0.29, 0.717) is 25.2 Å². The molecule has 0 unspecified atom stereocenters. The Morgan fingerprint density at radius 1 is 1.11 bits per heavy atom. The van der Waals surface area contributed by atoms with Gasteiger partial charge in [0, 0.05) is 18.8 Å². The Kier molecular flexibility index (Phi) is 4.17. The molecule has 1 saturated heterocycles. The zero-order valence-corrected chi connectivity index (χ0v) is 11.6. The third kappa shape index (κ3) is 3.52. The summed E-state index contributed by atoms with van der Waals surface area (Å²) in [7, 11) is 0. The van der Waals surface area contributed by atoms with Gasteiger partial charge in [0.05, 0.1) is 0 Å². The van der Waals surface area contributed by atoms with E-state index in [9.17, 15) is 14.4 Å². The van der Waals surface area contributed by atoms with Crippen molar-refractivity contribution in [2.45, 2.75) is 46.0 Å². The molecule has 1 N–H and O–H groups in total. The molecule has 0 bridgehead atoms. The number of carbonyl (C=O) groups excluding carboxylic acids is 3. The standard InChI is InChI=1S/C15H21NO3/c1-9-5-10(2)15(19)12(6-9)4-3-11-7-13(17)16-14(18)8-11/h4,9-11H,3,5-8H2,1-2H3,(H,16,17,18)/b12-4+/t9-,10+/m1/s1. The second kappa shape index (κ2) is 5.68. The van der Waals surface area contributed by atoms with Gasteiger partial charge in [-0.05, 0) is 36.7 Å². The Labute approximate surface area is 113 Å². The number of amides is 2. The lowest BCUT2D eigenvalue weighted by atomic mass is 9.78. The van der Waals surface area contributed by atoms with Gasteiger partial charge in [-0.25, -0.2) is 0 Å². The monoisotopic (exact) mass is 263 g/mol. The molecule has 0 aromatic carbocycles. The van der Waals surface area contributed by atoms with E-state index in [1.807, 2.05) is 13.0 Å². The van der Waals surface area contributed by atoms with Gasteiger partial charge in [-0.1, -0.05) is 19.9 Å². The van der Waals surface area contributed by atoms with Crippen LogP contribution in [0.15, 0.2) is 11.6 Å². The van der Waals surface area contributed by atoms with Gasteiger partial charge < -0.3 is 0 Å². The number of hydrogen-bond donors (Lipinski definition) is 1. The highest BCUT2D eigenvalue weighted by molar-refractivity contribution is 5.98. The first-order chi connectivity index (χ1) is 8.95. The van der Waals surface area contributed by atoms with Crippen LogP contribution in [0.3, 0.4) is 0 Å². The molecule has 0 aromatic rings. The van der Waals surface area contributed by atoms with E-state index in [0.717, 1.165) is 18.4 Å². The Hall–Kier alpha value is -1.45. The Balaban J connectivity index is 1.99. The quantitative estimate of drug-likeness (QED) is 0.612. The SMILES string of the molecule is C[C@H]1C/C(=C\CC2CC(=O)NC(=O)C2)C(=O)[C@@H](C)C1. The van der Waals surface area contributed by atoms with Gasteiger partial charge in [0.15, 0.2) is 5.78 Å². The zero-order chi connectivity index (χ0) is 14.0. The van der Waals surface area contributed by atoms with Crippen LogP contribution in [0.4, 0.5) is 0 Å². The van der Waals surface area contributed by atoms with Gasteiger partial charge in [-0.3, -0.25) is 19.7 Å². The summed E-state index contributed by atoms with van der Waals surface area (Å²) in [6.07, 6.45) is 5.17. The maximum Gasteiger partial charge on any atom is 0.226 e. The summed E-state index contributed by atoms with van der Waals surface area (Å²) in [5, 5.41) is 2.30. The van der Waals surface area contributed by atoms with Crippen LogP contribution < -0.4 is 5.32 Å². The first kappa shape index (κ1) is 14.0. The molecule has 0 spiro atoms. The van der Waals surface area contributed by atoms with E-state index in [-0.39, 0.29) is 29.4 Å². The maximum atomic E-state index is 12.1. The van der Waals surface area contributed by atoms with Gasteiger partial charge in [0.2, 0.25) is 11.8 Å². The molecule has 2 rings (SSSR count). The maximum absolute atomic E-state index is 12.1. The van der Waals surface area contributed by atoms with Gasteiger partial charge in [-0.15, -0.1) is 0 Å². The molecule has 2 fully saturated rings. The highest BCUT2D eigenvalue weighted by atomic mass is 16.2. The van der Waals surface area contributed by atoms with E-state index < -0.39 is 0 Å². The Bertz CT molecular complexity index is 423. The fraction of sp³-hybridized carbons (Fsp3) is 0.667. The van der Waals surface area contributed by atoms with Crippen molar-refractivity contribution in [1.29, 1.82) is 0 Å². The van der Waals surface area contributed by atoms with Crippen LogP contribution in [-0.4, -0.2) is 17.6 Å². The van der Waals surface area contributed by atoms with Crippen LogP contribution in [0, 0.1) is 17.8 Å². The van der Waals surface area contributed by atoms with Crippen LogP contribution >= 0.6 is 0 Å². The molecule has 2 atom stereocenters. The van der Waals surface area contributed by atoms with E-state index in [1.54, 1.807) is 0 Å².